The summed E-state index contributed by atoms with van der Waals surface area (Å²) in [5, 5.41) is 12.4. The number of nitrogens with one attached hydrogen (secondary N) is 1. The Balaban J connectivity index is 2.13. The minimum Gasteiger partial charge on any atom is -0.480 e. The Labute approximate surface area is 77.5 Å². The zero-order valence-electron chi connectivity index (χ0n) is 7.62. The van der Waals surface area contributed by atoms with E-state index in [1.54, 1.807) is 0 Å². The van der Waals surface area contributed by atoms with Gasteiger partial charge in [-0.05, 0) is 25.7 Å². The first-order chi connectivity index (χ1) is 6.10. The second-order valence-corrected chi connectivity index (χ2v) is 4.36. The molecule has 2 saturated heterocycles. The van der Waals surface area contributed by atoms with E-state index in [1.807, 2.05) is 0 Å². The molecule has 2 unspecified atom stereocenters. The van der Waals surface area contributed by atoms with E-state index in [-0.39, 0.29) is 0 Å². The molecule has 2 rings (SSSR count). The van der Waals surface area contributed by atoms with E-state index in [4.69, 9.17) is 10.8 Å². The number of carboxylic acid groups (broad SMARTS) is 1. The molecule has 2 aliphatic rings. The van der Waals surface area contributed by atoms with Crippen LogP contribution in [0.4, 0.5) is 0 Å². The molecule has 0 aromatic heterocycles. The number of nitrogens with two attached hydrogens (primary N) is 1. The molecule has 4 heteroatoms. The molecule has 0 radical (unpaired) electrons. The van der Waals surface area contributed by atoms with Crippen molar-refractivity contribution in [2.24, 2.45) is 5.73 Å². The second-order valence-electron chi connectivity index (χ2n) is 4.36. The van der Waals surface area contributed by atoms with Crippen molar-refractivity contribution in [2.45, 2.75) is 49.7 Å². The SMILES string of the molecule is NC1(C(=O)O)CC2CCCC(C1)N2. The molecule has 0 aliphatic carbocycles. The van der Waals surface area contributed by atoms with Crippen molar-refractivity contribution in [2.75, 3.05) is 0 Å². The van der Waals surface area contributed by atoms with Crippen LogP contribution in [0, 0.1) is 0 Å². The highest BCUT2D eigenvalue weighted by Crippen LogP contribution is 2.31. The van der Waals surface area contributed by atoms with E-state index in [9.17, 15) is 4.79 Å². The predicted molar refractivity (Wildman–Crippen MR) is 48.4 cm³/mol. The van der Waals surface area contributed by atoms with Crippen LogP contribution in [0.1, 0.15) is 32.1 Å². The van der Waals surface area contributed by atoms with Crippen LogP contribution in [-0.4, -0.2) is 28.7 Å². The molecule has 2 atom stereocenters. The minimum atomic E-state index is -0.971. The van der Waals surface area contributed by atoms with Gasteiger partial charge in [-0.1, -0.05) is 6.42 Å². The number of hydrogen-bond acceptors (Lipinski definition) is 3. The number of carbonyl (C=O) groups is 1. The van der Waals surface area contributed by atoms with Gasteiger partial charge >= 0.3 is 5.97 Å². The molecule has 0 spiro atoms. The summed E-state index contributed by atoms with van der Waals surface area (Å²) in [4.78, 5) is 11.0. The fourth-order valence-electron chi connectivity index (χ4n) is 2.57. The first-order valence-corrected chi connectivity index (χ1v) is 4.88. The number of carboxylic acids is 1. The smallest absolute Gasteiger partial charge is 0.323 e. The van der Waals surface area contributed by atoms with Crippen molar-refractivity contribution in [1.29, 1.82) is 0 Å². The average Bonchev–Trinajstić information content (AvgIpc) is 2.02. The lowest BCUT2D eigenvalue weighted by Crippen LogP contribution is -2.62. The fraction of sp³-hybridized carbons (Fsp3) is 0.889. The third-order valence-corrected chi connectivity index (χ3v) is 3.22. The Morgan fingerprint density at radius 3 is 2.38 bits per heavy atom. The molecule has 0 aromatic carbocycles. The topological polar surface area (TPSA) is 75.4 Å². The molecule has 13 heavy (non-hydrogen) atoms. The van der Waals surface area contributed by atoms with Crippen molar-refractivity contribution in [1.82, 2.24) is 5.32 Å². The average molecular weight is 184 g/mol. The van der Waals surface area contributed by atoms with Gasteiger partial charge in [-0.25, -0.2) is 0 Å². The first kappa shape index (κ1) is 8.97. The molecular weight excluding hydrogens is 168 g/mol. The Morgan fingerprint density at radius 1 is 1.38 bits per heavy atom. The minimum absolute atomic E-state index is 0.327. The number of hydrogen-bond donors (Lipinski definition) is 3. The normalized spacial score (nSPS) is 44.4. The summed E-state index contributed by atoms with van der Waals surface area (Å²) in [5.41, 5.74) is 4.88. The standard InChI is InChI=1S/C9H16N2O2/c10-9(8(12)13)4-6-2-1-3-7(5-9)11-6/h6-7,11H,1-5,10H2,(H,12,13). The Morgan fingerprint density at radius 2 is 1.92 bits per heavy atom. The quantitative estimate of drug-likeness (QED) is 0.539. The largest absolute Gasteiger partial charge is 0.480 e. The molecule has 74 valence electrons. The van der Waals surface area contributed by atoms with E-state index >= 15 is 0 Å². The first-order valence-electron chi connectivity index (χ1n) is 4.88. The Hall–Kier alpha value is -0.610. The van der Waals surface area contributed by atoms with Crippen LogP contribution in [-0.2, 0) is 4.79 Å². The number of aliphatic carboxylic acids is 1. The van der Waals surface area contributed by atoms with Gasteiger partial charge in [0.15, 0.2) is 0 Å². The van der Waals surface area contributed by atoms with Crippen LogP contribution >= 0.6 is 0 Å². The highest BCUT2D eigenvalue weighted by molar-refractivity contribution is 5.78. The van der Waals surface area contributed by atoms with Crippen LogP contribution in [0.15, 0.2) is 0 Å². The summed E-state index contributed by atoms with van der Waals surface area (Å²) in [6, 6.07) is 0.655. The van der Waals surface area contributed by atoms with Crippen molar-refractivity contribution in [3.8, 4) is 0 Å². The van der Waals surface area contributed by atoms with E-state index in [0.717, 1.165) is 12.8 Å². The molecule has 2 fully saturated rings. The lowest BCUT2D eigenvalue weighted by atomic mass is 9.76. The van der Waals surface area contributed by atoms with Gasteiger partial charge in [0.2, 0.25) is 0 Å². The monoisotopic (exact) mass is 184 g/mol. The maximum Gasteiger partial charge on any atom is 0.323 e. The summed E-state index contributed by atoms with van der Waals surface area (Å²) >= 11 is 0. The molecule has 2 aliphatic heterocycles. The summed E-state index contributed by atoms with van der Waals surface area (Å²) in [6.45, 7) is 0. The van der Waals surface area contributed by atoms with E-state index < -0.39 is 11.5 Å². The lowest BCUT2D eigenvalue weighted by molar-refractivity contribution is -0.145. The Bertz CT molecular complexity index is 218. The van der Waals surface area contributed by atoms with E-state index in [0.29, 0.717) is 24.9 Å². The number of fused-ring (bicyclic) bond motifs is 2. The van der Waals surface area contributed by atoms with Gasteiger partial charge < -0.3 is 16.2 Å². The molecule has 0 saturated carbocycles. The molecule has 0 amide bonds. The lowest BCUT2D eigenvalue weighted by Gasteiger charge is -2.43. The highest BCUT2D eigenvalue weighted by atomic mass is 16.4. The summed E-state index contributed by atoms with van der Waals surface area (Å²) in [7, 11) is 0. The van der Waals surface area contributed by atoms with Crippen LogP contribution in [0.2, 0.25) is 0 Å². The van der Waals surface area contributed by atoms with Gasteiger partial charge in [-0.3, -0.25) is 4.79 Å². The molecule has 2 bridgehead atoms. The molecular formula is C9H16N2O2. The van der Waals surface area contributed by atoms with Crippen LogP contribution in [0.25, 0.3) is 0 Å². The van der Waals surface area contributed by atoms with Gasteiger partial charge in [0.25, 0.3) is 0 Å². The fourth-order valence-corrected chi connectivity index (χ4v) is 2.57. The molecule has 4 nitrogen and oxygen atoms in total. The highest BCUT2D eigenvalue weighted by Gasteiger charge is 2.44. The summed E-state index contributed by atoms with van der Waals surface area (Å²) in [5.74, 6) is -0.842. The zero-order valence-corrected chi connectivity index (χ0v) is 7.62. The molecule has 0 aromatic rings. The maximum absolute atomic E-state index is 11.0. The second kappa shape index (κ2) is 2.96. The van der Waals surface area contributed by atoms with Gasteiger partial charge in [-0.2, -0.15) is 0 Å². The van der Waals surface area contributed by atoms with Crippen molar-refractivity contribution in [3.63, 3.8) is 0 Å². The molecule has 2 heterocycles. The van der Waals surface area contributed by atoms with Gasteiger partial charge in [0.1, 0.15) is 5.54 Å². The molecule has 4 N–H and O–H groups in total. The van der Waals surface area contributed by atoms with Crippen LogP contribution < -0.4 is 11.1 Å². The predicted octanol–water partition coefficient (Wildman–Crippen LogP) is 0.0730. The number of piperidine rings is 2. The Kier molecular flexibility index (Phi) is 2.04. The van der Waals surface area contributed by atoms with E-state index in [2.05, 4.69) is 5.32 Å². The van der Waals surface area contributed by atoms with Crippen LogP contribution in [0.5, 0.6) is 0 Å². The summed E-state index contributed by atoms with van der Waals surface area (Å²) < 4.78 is 0. The van der Waals surface area contributed by atoms with Gasteiger partial charge in [-0.15, -0.1) is 0 Å². The van der Waals surface area contributed by atoms with Crippen molar-refractivity contribution >= 4 is 5.97 Å². The van der Waals surface area contributed by atoms with Crippen molar-refractivity contribution < 1.29 is 9.90 Å². The van der Waals surface area contributed by atoms with Crippen LogP contribution in [0.3, 0.4) is 0 Å². The number of rotatable bonds is 1. The van der Waals surface area contributed by atoms with E-state index in [1.165, 1.54) is 6.42 Å². The van der Waals surface area contributed by atoms with Gasteiger partial charge in [0.05, 0.1) is 0 Å². The maximum atomic E-state index is 11.0. The summed E-state index contributed by atoms with van der Waals surface area (Å²) in [6.07, 6.45) is 4.52. The van der Waals surface area contributed by atoms with Gasteiger partial charge in [0, 0.05) is 12.1 Å². The zero-order chi connectivity index (χ0) is 9.47. The third kappa shape index (κ3) is 1.56. The van der Waals surface area contributed by atoms with Crippen molar-refractivity contribution in [3.05, 3.63) is 0 Å². The third-order valence-electron chi connectivity index (χ3n) is 3.22.